The van der Waals surface area contributed by atoms with Gasteiger partial charge in [0.05, 0.1) is 12.2 Å². The van der Waals surface area contributed by atoms with E-state index in [1.807, 2.05) is 31.2 Å². The normalized spacial score (nSPS) is 15.2. The van der Waals surface area contributed by atoms with Crippen LogP contribution in [0, 0.1) is 0 Å². The van der Waals surface area contributed by atoms with Gasteiger partial charge in [-0.1, -0.05) is 30.3 Å². The first-order valence-electron chi connectivity index (χ1n) is 10.7. The molecule has 0 radical (unpaired) electrons. The van der Waals surface area contributed by atoms with Crippen molar-refractivity contribution in [3.63, 3.8) is 0 Å². The van der Waals surface area contributed by atoms with E-state index < -0.39 is 0 Å². The molecule has 0 aliphatic carbocycles. The Bertz CT molecular complexity index is 1160. The van der Waals surface area contributed by atoms with Crippen LogP contribution in [0.3, 0.4) is 0 Å². The molecule has 1 aromatic heterocycles. The summed E-state index contributed by atoms with van der Waals surface area (Å²) in [5.41, 5.74) is 3.87. The average Bonchev–Trinajstić information content (AvgIpc) is 3.42. The minimum atomic E-state index is -0.292. The zero-order valence-electron chi connectivity index (χ0n) is 17.9. The highest BCUT2D eigenvalue weighted by Gasteiger charge is 2.28. The maximum absolute atomic E-state index is 12.8. The van der Waals surface area contributed by atoms with Crippen molar-refractivity contribution in [2.75, 3.05) is 19.9 Å². The van der Waals surface area contributed by atoms with Gasteiger partial charge in [0.2, 0.25) is 6.79 Å². The number of hydrogen-bond donors (Lipinski definition) is 0. The highest BCUT2D eigenvalue weighted by molar-refractivity contribution is 7.16. The first-order chi connectivity index (χ1) is 15.7. The Morgan fingerprint density at radius 3 is 2.88 bits per heavy atom. The van der Waals surface area contributed by atoms with Crippen molar-refractivity contribution >= 4 is 28.5 Å². The molecule has 7 heteroatoms. The van der Waals surface area contributed by atoms with Gasteiger partial charge in [-0.3, -0.25) is 4.90 Å². The molecule has 0 saturated heterocycles. The summed E-state index contributed by atoms with van der Waals surface area (Å²) in [5, 5.41) is 0.702. The molecule has 0 fully saturated rings. The van der Waals surface area contributed by atoms with Crippen molar-refractivity contribution in [2.45, 2.75) is 26.4 Å². The molecule has 2 aliphatic rings. The van der Waals surface area contributed by atoms with E-state index in [0.717, 1.165) is 42.9 Å². The van der Waals surface area contributed by atoms with Gasteiger partial charge in [-0.05, 0) is 48.2 Å². The van der Waals surface area contributed by atoms with E-state index in [-0.39, 0.29) is 12.8 Å². The molecular formula is C25H24N2O4S. The Labute approximate surface area is 191 Å². The predicted octanol–water partition coefficient (Wildman–Crippen LogP) is 4.96. The van der Waals surface area contributed by atoms with Gasteiger partial charge in [-0.2, -0.15) is 0 Å². The van der Waals surface area contributed by atoms with E-state index in [1.165, 1.54) is 10.4 Å². The molecule has 0 N–H and O–H groups in total. The van der Waals surface area contributed by atoms with Gasteiger partial charge in [0, 0.05) is 30.7 Å². The fourth-order valence-corrected chi connectivity index (χ4v) is 5.27. The van der Waals surface area contributed by atoms with Crippen LogP contribution in [0.5, 0.6) is 11.5 Å². The molecule has 0 spiro atoms. The molecule has 0 amide bonds. The number of fused-ring (bicyclic) bond motifs is 2. The molecule has 164 valence electrons. The smallest absolute Gasteiger partial charge is 0.341 e. The van der Waals surface area contributed by atoms with Crippen molar-refractivity contribution in [2.24, 2.45) is 4.99 Å². The molecule has 32 heavy (non-hydrogen) atoms. The lowest BCUT2D eigenvalue weighted by Gasteiger charge is -2.27. The molecular weight excluding hydrogens is 424 g/mol. The van der Waals surface area contributed by atoms with Crippen LogP contribution in [0.25, 0.3) is 0 Å². The van der Waals surface area contributed by atoms with Crippen molar-refractivity contribution < 1.29 is 19.0 Å². The third-order valence-electron chi connectivity index (χ3n) is 5.57. The molecule has 6 nitrogen and oxygen atoms in total. The molecule has 0 atom stereocenters. The van der Waals surface area contributed by atoms with Crippen LogP contribution in [-0.4, -0.2) is 37.0 Å². The van der Waals surface area contributed by atoms with E-state index in [1.54, 1.807) is 17.6 Å². The minimum absolute atomic E-state index is 0.236. The molecule has 3 heterocycles. The molecule has 2 aromatic carbocycles. The molecule has 3 aromatic rings. The van der Waals surface area contributed by atoms with Crippen LogP contribution in [0.2, 0.25) is 0 Å². The quantitative estimate of drug-likeness (QED) is 0.394. The molecule has 0 unspecified atom stereocenters. The third kappa shape index (κ3) is 4.26. The van der Waals surface area contributed by atoms with Gasteiger partial charge in [0.25, 0.3) is 0 Å². The van der Waals surface area contributed by atoms with Gasteiger partial charge in [0.15, 0.2) is 11.5 Å². The van der Waals surface area contributed by atoms with Gasteiger partial charge < -0.3 is 14.2 Å². The fourth-order valence-electron chi connectivity index (χ4n) is 4.05. The van der Waals surface area contributed by atoms with Crippen LogP contribution in [0.4, 0.5) is 5.00 Å². The first kappa shape index (κ1) is 20.7. The summed E-state index contributed by atoms with van der Waals surface area (Å²) < 4.78 is 16.2. The Kier molecular flexibility index (Phi) is 5.92. The summed E-state index contributed by atoms with van der Waals surface area (Å²) in [7, 11) is 0. The third-order valence-corrected chi connectivity index (χ3v) is 6.70. The summed E-state index contributed by atoms with van der Waals surface area (Å²) in [6, 6.07) is 16.2. The Balaban J connectivity index is 1.42. The fraction of sp³-hybridized carbons (Fsp3) is 0.280. The van der Waals surface area contributed by atoms with E-state index in [2.05, 4.69) is 29.2 Å². The molecule has 0 saturated carbocycles. The summed E-state index contributed by atoms with van der Waals surface area (Å²) in [5.74, 6) is 1.15. The number of ether oxygens (including phenoxy) is 3. The number of rotatable bonds is 6. The Hall–Kier alpha value is -3.16. The molecule has 5 rings (SSSR count). The van der Waals surface area contributed by atoms with Crippen molar-refractivity contribution in [1.82, 2.24) is 4.90 Å². The maximum Gasteiger partial charge on any atom is 0.341 e. The molecule has 0 bridgehead atoms. The van der Waals surface area contributed by atoms with Crippen molar-refractivity contribution in [3.05, 3.63) is 75.7 Å². The monoisotopic (exact) mass is 448 g/mol. The van der Waals surface area contributed by atoms with Gasteiger partial charge >= 0.3 is 5.97 Å². The lowest BCUT2D eigenvalue weighted by atomic mass is 10.0. The van der Waals surface area contributed by atoms with E-state index in [0.29, 0.717) is 22.9 Å². The Morgan fingerprint density at radius 1 is 1.19 bits per heavy atom. The number of esters is 1. The molecule has 2 aliphatic heterocycles. The SMILES string of the molecule is CCOC(=O)c1c(N=Cc2ccc3c(c2)OCO3)sc2c1CCN(Cc1ccccc1)C2. The lowest BCUT2D eigenvalue weighted by molar-refractivity contribution is 0.0526. The van der Waals surface area contributed by atoms with Crippen LogP contribution in [-0.2, 0) is 24.2 Å². The van der Waals surface area contributed by atoms with E-state index >= 15 is 0 Å². The number of nitrogens with zero attached hydrogens (tertiary/aromatic N) is 2. The minimum Gasteiger partial charge on any atom is -0.462 e. The second-order valence-corrected chi connectivity index (χ2v) is 8.81. The van der Waals surface area contributed by atoms with Crippen LogP contribution < -0.4 is 9.47 Å². The second-order valence-electron chi connectivity index (χ2n) is 7.72. The standard InChI is InChI=1S/C25H24N2O4S/c1-2-29-25(28)23-19-10-11-27(14-17-6-4-3-5-7-17)15-22(19)32-24(23)26-13-18-8-9-20-21(12-18)31-16-30-20/h3-9,12-13H,2,10-11,14-16H2,1H3. The van der Waals surface area contributed by atoms with E-state index in [4.69, 9.17) is 19.2 Å². The van der Waals surface area contributed by atoms with Crippen molar-refractivity contribution in [1.29, 1.82) is 0 Å². The topological polar surface area (TPSA) is 60.4 Å². The van der Waals surface area contributed by atoms with Gasteiger partial charge in [-0.25, -0.2) is 9.79 Å². The van der Waals surface area contributed by atoms with Gasteiger partial charge in [0.1, 0.15) is 5.00 Å². The second kappa shape index (κ2) is 9.14. The number of benzene rings is 2. The van der Waals surface area contributed by atoms with Gasteiger partial charge in [-0.15, -0.1) is 11.3 Å². The predicted molar refractivity (Wildman–Crippen MR) is 124 cm³/mol. The van der Waals surface area contributed by atoms with Crippen LogP contribution in [0.1, 0.15) is 38.8 Å². The van der Waals surface area contributed by atoms with Crippen LogP contribution >= 0.6 is 11.3 Å². The zero-order valence-corrected chi connectivity index (χ0v) is 18.7. The summed E-state index contributed by atoms with van der Waals surface area (Å²) in [6.07, 6.45) is 2.58. The zero-order chi connectivity index (χ0) is 21.9. The summed E-state index contributed by atoms with van der Waals surface area (Å²) in [4.78, 5) is 21.1. The average molecular weight is 449 g/mol. The number of carbonyl (C=O) groups excluding carboxylic acids is 1. The first-order valence-corrected chi connectivity index (χ1v) is 11.5. The van der Waals surface area contributed by atoms with Crippen LogP contribution in [0.15, 0.2) is 53.5 Å². The highest BCUT2D eigenvalue weighted by atomic mass is 32.1. The number of thiophene rings is 1. The number of hydrogen-bond acceptors (Lipinski definition) is 7. The summed E-state index contributed by atoms with van der Waals surface area (Å²) >= 11 is 1.58. The van der Waals surface area contributed by atoms with E-state index in [9.17, 15) is 4.79 Å². The lowest BCUT2D eigenvalue weighted by Crippen LogP contribution is -2.29. The van der Waals surface area contributed by atoms with Crippen molar-refractivity contribution in [3.8, 4) is 11.5 Å². The Morgan fingerprint density at radius 2 is 2.03 bits per heavy atom. The number of carbonyl (C=O) groups is 1. The largest absolute Gasteiger partial charge is 0.462 e. The number of aliphatic imine (C=N–C) groups is 1. The summed E-state index contributed by atoms with van der Waals surface area (Å²) in [6.45, 7) is 5.00. The maximum atomic E-state index is 12.8. The highest BCUT2D eigenvalue weighted by Crippen LogP contribution is 2.40.